The molecule has 396 valence electrons. The molecule has 1 spiro atoms. The maximum Gasteiger partial charge on any atom is 0.263 e. The fraction of sp³-hybridized carbons (Fsp3) is 0.525. The Morgan fingerprint density at radius 2 is 1.57 bits per heavy atom. The maximum absolute atomic E-state index is 17.5. The largest absolute Gasteiger partial charge is 0.457 e. The van der Waals surface area contributed by atoms with Crippen LogP contribution in [-0.4, -0.2) is 138 Å². The monoisotopic (exact) mass is 1050 g/mol. The number of hydrogen-bond acceptors (Lipinski definition) is 10. The van der Waals surface area contributed by atoms with Crippen molar-refractivity contribution in [1.82, 2.24) is 39.8 Å². The molecule has 4 aliphatic heterocycles. The summed E-state index contributed by atoms with van der Waals surface area (Å²) in [5.74, 6) is 2.69. The summed E-state index contributed by atoms with van der Waals surface area (Å²) in [6.07, 6.45) is 3.01. The minimum absolute atomic E-state index is 0.0155. The van der Waals surface area contributed by atoms with Crippen LogP contribution in [0.3, 0.4) is 0 Å². The first-order chi connectivity index (χ1) is 35.5. The number of benzene rings is 4. The number of ether oxygens (including phenoxy) is 2. The molecule has 0 amide bonds. The van der Waals surface area contributed by atoms with Gasteiger partial charge in [0.25, 0.3) is 6.43 Å². The number of rotatable bonds is 15. The first kappa shape index (κ1) is 53.1. The van der Waals surface area contributed by atoms with Gasteiger partial charge < -0.3 is 29.6 Å². The van der Waals surface area contributed by atoms with E-state index >= 15 is 4.79 Å². The fourth-order valence-electron chi connectivity index (χ4n) is 14.9. The number of carbonyl (C=O) groups excluding carboxylic acids is 1. The number of aromatic nitrogens is 2. The fourth-order valence-corrected chi connectivity index (χ4v) is 15.2. The number of carbonyl (C=O) groups is 1. The van der Waals surface area contributed by atoms with E-state index < -0.39 is 17.3 Å². The van der Waals surface area contributed by atoms with Gasteiger partial charge in [-0.2, -0.15) is 0 Å². The van der Waals surface area contributed by atoms with Crippen LogP contribution in [0.15, 0.2) is 97.2 Å². The SMILES string of the molecule is CCC12C(=O)C34C5C[C@H](Cc6ccc(Cl)cc6)N(C)C3[C@@H](COC)NC4[C@H](C)N(Cc3ccc(Cl)cc3Oc3ccc(-c4cnc(CN(C)C)n4C)cc3)C1C[C@@H](Cc1ccc(C(F)F)cc1)C2N(C)[C@@H](C)CN5. The predicted octanol–water partition coefficient (Wildman–Crippen LogP) is 9.94. The molecular weight excluding hydrogens is 978 g/mol. The third kappa shape index (κ3) is 9.23. The Balaban J connectivity index is 1.09. The molecule has 4 saturated heterocycles. The van der Waals surface area contributed by atoms with E-state index in [0.29, 0.717) is 59.9 Å². The van der Waals surface area contributed by atoms with Crippen LogP contribution < -0.4 is 15.4 Å². The number of hydrogen-bond donors (Lipinski definition) is 2. The molecule has 15 heteroatoms. The Morgan fingerprint density at radius 1 is 0.878 bits per heavy atom. The molecule has 4 aromatic carbocycles. The first-order valence-corrected chi connectivity index (χ1v) is 27.3. The van der Waals surface area contributed by atoms with Gasteiger partial charge in [-0.3, -0.25) is 19.5 Å². The molecule has 5 heterocycles. The van der Waals surface area contributed by atoms with Crippen LogP contribution in [-0.2, 0) is 42.5 Å². The smallest absolute Gasteiger partial charge is 0.263 e. The first-order valence-electron chi connectivity index (χ1n) is 26.6. The van der Waals surface area contributed by atoms with Crippen LogP contribution in [0.25, 0.3) is 11.3 Å². The third-order valence-corrected chi connectivity index (χ3v) is 18.8. The van der Waals surface area contributed by atoms with Gasteiger partial charge >= 0.3 is 0 Å². The highest BCUT2D eigenvalue weighted by molar-refractivity contribution is 6.31. The molecule has 12 atom stereocenters. The van der Waals surface area contributed by atoms with E-state index in [-0.39, 0.29) is 65.9 Å². The summed E-state index contributed by atoms with van der Waals surface area (Å²) in [5, 5.41) is 9.65. The van der Waals surface area contributed by atoms with Crippen LogP contribution in [0.4, 0.5) is 8.78 Å². The second-order valence-electron chi connectivity index (χ2n) is 22.5. The van der Waals surface area contributed by atoms with Gasteiger partial charge in [0.1, 0.15) is 17.3 Å². The van der Waals surface area contributed by atoms with Gasteiger partial charge in [0.15, 0.2) is 5.78 Å². The summed E-state index contributed by atoms with van der Waals surface area (Å²) in [7, 11) is 12.4. The standard InChI is InChI=1S/C59H74Cl2F2N8O3/c1-10-58-51-27-42(25-37-11-15-40(16-12-37)56(62)63)54(58)68(6)35(2)30-64-50-29-45(26-38-13-20-43(60)21-14-38)69(7)55-47(34-73-9)66-53(59(50,55)57(58)72)36(3)71(51)32-41-17-22-44(61)28-49(41)74-46-23-18-39(19-24-46)48-31-65-52(70(48)8)33-67(4)5/h11-24,28,31,35-36,42,45,47,50-51,53-56,64,66H,10,25-27,29-30,32-34H2,1-9H3/t35-,36-,42+,45-,47+,50?,51?,53?,54?,55?,58?,59?/m0/s1. The van der Waals surface area contributed by atoms with Crippen LogP contribution in [0.5, 0.6) is 11.5 Å². The quantitative estimate of drug-likeness (QED) is 0.106. The number of Topliss-reactive ketones (excluding diaryl/α,β-unsaturated/α-hetero) is 1. The van der Waals surface area contributed by atoms with Crippen molar-refractivity contribution in [2.24, 2.45) is 23.8 Å². The molecule has 10 rings (SSSR count). The Hall–Kier alpha value is -4.28. The average molecular weight is 1050 g/mol. The van der Waals surface area contributed by atoms with Crippen molar-refractivity contribution in [2.75, 3.05) is 48.5 Å². The van der Waals surface area contributed by atoms with Crippen molar-refractivity contribution in [3.63, 3.8) is 0 Å². The number of methoxy groups -OCH3 is 1. The molecule has 1 saturated carbocycles. The maximum atomic E-state index is 17.5. The van der Waals surface area contributed by atoms with Crippen LogP contribution in [0, 0.1) is 16.7 Å². The van der Waals surface area contributed by atoms with Crippen molar-refractivity contribution in [2.45, 2.75) is 127 Å². The molecule has 2 bridgehead atoms. The Bertz CT molecular complexity index is 2780. The number of piperidine rings is 1. The lowest BCUT2D eigenvalue weighted by Gasteiger charge is -2.57. The van der Waals surface area contributed by atoms with Gasteiger partial charge in [-0.25, -0.2) is 13.8 Å². The van der Waals surface area contributed by atoms with E-state index in [0.717, 1.165) is 54.0 Å². The molecule has 1 aliphatic carbocycles. The van der Waals surface area contributed by atoms with Crippen molar-refractivity contribution in [1.29, 1.82) is 0 Å². The van der Waals surface area contributed by atoms with Gasteiger partial charge in [0.2, 0.25) is 0 Å². The Kier molecular flexibility index (Phi) is 15.3. The Morgan fingerprint density at radius 3 is 2.24 bits per heavy atom. The predicted molar refractivity (Wildman–Crippen MR) is 290 cm³/mol. The van der Waals surface area contributed by atoms with Gasteiger partial charge in [-0.05, 0) is 140 Å². The second kappa shape index (κ2) is 21.3. The highest BCUT2D eigenvalue weighted by Crippen LogP contribution is 2.63. The summed E-state index contributed by atoms with van der Waals surface area (Å²) < 4.78 is 43.0. The zero-order valence-corrected chi connectivity index (χ0v) is 45.9. The van der Waals surface area contributed by atoms with Gasteiger partial charge in [0.05, 0.1) is 35.9 Å². The number of alkyl halides is 2. The number of nitrogens with zero attached hydrogens (tertiary/aromatic N) is 6. The number of nitrogens with one attached hydrogen (secondary N) is 2. The highest BCUT2D eigenvalue weighted by Gasteiger charge is 2.77. The minimum atomic E-state index is -2.55. The molecule has 5 aliphatic rings. The molecule has 5 aromatic rings. The van der Waals surface area contributed by atoms with Gasteiger partial charge in [-0.15, -0.1) is 0 Å². The second-order valence-corrected chi connectivity index (χ2v) is 23.4. The van der Waals surface area contributed by atoms with E-state index in [2.05, 4.69) is 100.0 Å². The number of likely N-dealkylation sites (N-methyl/N-ethyl adjacent to an activating group) is 2. The zero-order chi connectivity index (χ0) is 52.4. The lowest BCUT2D eigenvalue weighted by atomic mass is 9.54. The summed E-state index contributed by atoms with van der Waals surface area (Å²) >= 11 is 13.3. The third-order valence-electron chi connectivity index (χ3n) is 18.3. The summed E-state index contributed by atoms with van der Waals surface area (Å²) in [5.41, 5.74) is 3.55. The van der Waals surface area contributed by atoms with E-state index in [1.165, 1.54) is 5.56 Å². The molecule has 5 fully saturated rings. The highest BCUT2D eigenvalue weighted by atomic mass is 35.5. The summed E-state index contributed by atoms with van der Waals surface area (Å²) in [6.45, 7) is 9.26. The Labute approximate surface area is 446 Å². The van der Waals surface area contributed by atoms with Crippen LogP contribution in [0.2, 0.25) is 10.0 Å². The average Bonchev–Trinajstić information content (AvgIpc) is 4.09. The zero-order valence-electron chi connectivity index (χ0n) is 44.4. The molecular formula is C59H74Cl2F2N8O3. The molecule has 74 heavy (non-hydrogen) atoms. The van der Waals surface area contributed by atoms with E-state index in [9.17, 15) is 8.78 Å². The summed E-state index contributed by atoms with van der Waals surface area (Å²) in [6, 6.07) is 28.1. The van der Waals surface area contributed by atoms with Gasteiger partial charge in [-0.1, -0.05) is 72.6 Å². The van der Waals surface area contributed by atoms with E-state index in [1.54, 1.807) is 19.2 Å². The molecule has 2 N–H and O–H groups in total. The van der Waals surface area contributed by atoms with Crippen molar-refractivity contribution in [3.8, 4) is 22.8 Å². The van der Waals surface area contributed by atoms with Crippen molar-refractivity contribution in [3.05, 3.63) is 135 Å². The normalized spacial score (nSPS) is 31.4. The lowest BCUT2D eigenvalue weighted by Crippen LogP contribution is -2.73. The number of likely N-dealkylation sites (tertiary alicyclic amines) is 2. The molecule has 7 unspecified atom stereocenters. The van der Waals surface area contributed by atoms with Gasteiger partial charge in [0, 0.05) is 108 Å². The number of ketones is 1. The lowest BCUT2D eigenvalue weighted by molar-refractivity contribution is -0.154. The number of imidazole rings is 1. The van der Waals surface area contributed by atoms with E-state index in [1.807, 2.05) is 75.9 Å². The number of halogens is 4. The van der Waals surface area contributed by atoms with Crippen molar-refractivity contribution < 1.29 is 23.0 Å². The van der Waals surface area contributed by atoms with E-state index in [4.69, 9.17) is 37.7 Å². The minimum Gasteiger partial charge on any atom is -0.457 e. The van der Waals surface area contributed by atoms with Crippen LogP contribution >= 0.6 is 23.2 Å². The summed E-state index contributed by atoms with van der Waals surface area (Å²) in [4.78, 5) is 32.0. The topological polar surface area (TPSA) is 90.4 Å². The molecule has 1 aromatic heterocycles. The van der Waals surface area contributed by atoms with Crippen LogP contribution in [0.1, 0.15) is 74.5 Å². The van der Waals surface area contributed by atoms with Crippen molar-refractivity contribution >= 4 is 29.0 Å². The molecule has 11 nitrogen and oxygen atoms in total. The molecule has 0 radical (unpaired) electrons.